The summed E-state index contributed by atoms with van der Waals surface area (Å²) in [6, 6.07) is 1.71. The van der Waals surface area contributed by atoms with Crippen LogP contribution in [0.2, 0.25) is 0 Å². The topological polar surface area (TPSA) is 23.8 Å². The largest absolute Gasteiger partial charge is 0.245 e. The molecular formula is C4H5BrFN. The lowest BCUT2D eigenvalue weighted by Crippen LogP contribution is -1.97. The van der Waals surface area contributed by atoms with Crippen molar-refractivity contribution in [3.8, 4) is 6.07 Å². The SMILES string of the molecule is N#CCC(F)CBr. The average molecular weight is 166 g/mol. The van der Waals surface area contributed by atoms with Crippen LogP contribution < -0.4 is 0 Å². The van der Waals surface area contributed by atoms with E-state index in [2.05, 4.69) is 15.9 Å². The fraction of sp³-hybridized carbons (Fsp3) is 0.750. The Kier molecular flexibility index (Phi) is 4.01. The summed E-state index contributed by atoms with van der Waals surface area (Å²) in [7, 11) is 0. The number of hydrogen-bond acceptors (Lipinski definition) is 1. The lowest BCUT2D eigenvalue weighted by molar-refractivity contribution is 0.376. The van der Waals surface area contributed by atoms with Crippen molar-refractivity contribution in [1.29, 1.82) is 5.26 Å². The molecule has 0 amide bonds. The molecule has 1 nitrogen and oxygen atoms in total. The van der Waals surface area contributed by atoms with Gasteiger partial charge in [-0.05, 0) is 0 Å². The molecule has 1 atom stereocenters. The molecule has 7 heavy (non-hydrogen) atoms. The summed E-state index contributed by atoms with van der Waals surface area (Å²) in [4.78, 5) is 0. The van der Waals surface area contributed by atoms with Crippen molar-refractivity contribution in [3.05, 3.63) is 0 Å². The summed E-state index contributed by atoms with van der Waals surface area (Å²) in [5.41, 5.74) is 0. The van der Waals surface area contributed by atoms with Gasteiger partial charge in [0.1, 0.15) is 6.17 Å². The normalized spacial score (nSPS) is 12.7. The van der Waals surface area contributed by atoms with E-state index in [-0.39, 0.29) is 11.8 Å². The molecule has 0 saturated carbocycles. The highest BCUT2D eigenvalue weighted by Gasteiger charge is 1.99. The fourth-order valence-corrected chi connectivity index (χ4v) is 0.383. The molecule has 3 heteroatoms. The van der Waals surface area contributed by atoms with Gasteiger partial charge in [0.15, 0.2) is 0 Å². The van der Waals surface area contributed by atoms with Crippen LogP contribution >= 0.6 is 15.9 Å². The van der Waals surface area contributed by atoms with Gasteiger partial charge in [-0.25, -0.2) is 4.39 Å². The Morgan fingerprint density at radius 3 is 2.57 bits per heavy atom. The van der Waals surface area contributed by atoms with E-state index in [0.29, 0.717) is 0 Å². The lowest BCUT2D eigenvalue weighted by atomic mass is 10.3. The van der Waals surface area contributed by atoms with Gasteiger partial charge in [-0.1, -0.05) is 15.9 Å². The third-order valence-electron chi connectivity index (χ3n) is 0.480. The van der Waals surface area contributed by atoms with Crippen molar-refractivity contribution >= 4 is 15.9 Å². The zero-order valence-corrected chi connectivity index (χ0v) is 5.28. The summed E-state index contributed by atoms with van der Waals surface area (Å²) in [5.74, 6) is 0. The molecule has 0 aliphatic rings. The maximum atomic E-state index is 11.9. The fourth-order valence-electron chi connectivity index (χ4n) is 0.154. The Hall–Kier alpha value is -0.100. The second-order valence-electron chi connectivity index (χ2n) is 1.11. The maximum absolute atomic E-state index is 11.9. The Morgan fingerprint density at radius 2 is 2.43 bits per heavy atom. The van der Waals surface area contributed by atoms with E-state index in [9.17, 15) is 4.39 Å². The van der Waals surface area contributed by atoms with Crippen LogP contribution in [0.5, 0.6) is 0 Å². The van der Waals surface area contributed by atoms with E-state index < -0.39 is 6.17 Å². The van der Waals surface area contributed by atoms with Gasteiger partial charge in [-0.15, -0.1) is 0 Å². The zero-order chi connectivity index (χ0) is 5.70. The third kappa shape index (κ3) is 3.74. The quantitative estimate of drug-likeness (QED) is 0.572. The first-order valence-electron chi connectivity index (χ1n) is 1.88. The highest BCUT2D eigenvalue weighted by atomic mass is 79.9. The molecule has 40 valence electrons. The molecule has 0 aromatic carbocycles. The molecule has 0 aromatic rings. The smallest absolute Gasteiger partial charge is 0.123 e. The van der Waals surface area contributed by atoms with E-state index in [1.165, 1.54) is 0 Å². The third-order valence-corrected chi connectivity index (χ3v) is 1.18. The predicted molar refractivity (Wildman–Crippen MR) is 28.9 cm³/mol. The number of halogens is 2. The second-order valence-corrected chi connectivity index (χ2v) is 1.76. The van der Waals surface area contributed by atoms with Crippen molar-refractivity contribution in [1.82, 2.24) is 0 Å². The zero-order valence-electron chi connectivity index (χ0n) is 3.69. The van der Waals surface area contributed by atoms with Crippen molar-refractivity contribution in [2.75, 3.05) is 5.33 Å². The number of nitriles is 1. The van der Waals surface area contributed by atoms with Gasteiger partial charge in [-0.2, -0.15) is 5.26 Å². The minimum Gasteiger partial charge on any atom is -0.245 e. The van der Waals surface area contributed by atoms with Crippen LogP contribution in [-0.4, -0.2) is 11.5 Å². The van der Waals surface area contributed by atoms with Gasteiger partial charge >= 0.3 is 0 Å². The molecule has 0 saturated heterocycles. The van der Waals surface area contributed by atoms with Crippen molar-refractivity contribution in [2.24, 2.45) is 0 Å². The molecule has 0 aliphatic carbocycles. The molecule has 0 spiro atoms. The van der Waals surface area contributed by atoms with E-state index in [1.54, 1.807) is 6.07 Å². The minimum atomic E-state index is -0.995. The van der Waals surface area contributed by atoms with Gasteiger partial charge in [0.2, 0.25) is 0 Å². The molecule has 0 aromatic heterocycles. The van der Waals surface area contributed by atoms with Gasteiger partial charge in [-0.3, -0.25) is 0 Å². The maximum Gasteiger partial charge on any atom is 0.123 e. The van der Waals surface area contributed by atoms with Crippen LogP contribution in [0.4, 0.5) is 4.39 Å². The van der Waals surface area contributed by atoms with Crippen molar-refractivity contribution < 1.29 is 4.39 Å². The van der Waals surface area contributed by atoms with Crippen LogP contribution in [0.15, 0.2) is 0 Å². The van der Waals surface area contributed by atoms with Crippen molar-refractivity contribution in [3.63, 3.8) is 0 Å². The van der Waals surface area contributed by atoms with Crippen LogP contribution in [0.25, 0.3) is 0 Å². The second kappa shape index (κ2) is 4.07. The van der Waals surface area contributed by atoms with Crippen LogP contribution in [0, 0.1) is 11.3 Å². The van der Waals surface area contributed by atoms with Crippen molar-refractivity contribution in [2.45, 2.75) is 12.6 Å². The van der Waals surface area contributed by atoms with E-state index in [4.69, 9.17) is 5.26 Å². The van der Waals surface area contributed by atoms with Crippen LogP contribution in [0.3, 0.4) is 0 Å². The highest BCUT2D eigenvalue weighted by molar-refractivity contribution is 9.09. The molecule has 0 rings (SSSR count). The monoisotopic (exact) mass is 165 g/mol. The number of rotatable bonds is 2. The highest BCUT2D eigenvalue weighted by Crippen LogP contribution is 1.98. The Bertz CT molecular complexity index is 78.2. The minimum absolute atomic E-state index is 0.00868. The molecule has 0 fully saturated rings. The molecule has 0 bridgehead atoms. The van der Waals surface area contributed by atoms with Crippen LogP contribution in [-0.2, 0) is 0 Å². The van der Waals surface area contributed by atoms with E-state index in [0.717, 1.165) is 0 Å². The molecule has 1 unspecified atom stereocenters. The number of nitrogens with zero attached hydrogens (tertiary/aromatic N) is 1. The summed E-state index contributed by atoms with van der Waals surface area (Å²) in [6.07, 6.45) is -1.00. The van der Waals surface area contributed by atoms with Gasteiger partial charge in [0, 0.05) is 5.33 Å². The molecule has 0 heterocycles. The van der Waals surface area contributed by atoms with Crippen LogP contribution in [0.1, 0.15) is 6.42 Å². The molecule has 0 aliphatic heterocycles. The molecule has 0 radical (unpaired) electrons. The standard InChI is InChI=1S/C4H5BrFN/c5-3-4(6)1-2-7/h4H,1,3H2. The predicted octanol–water partition coefficient (Wildman–Crippen LogP) is 1.63. The first kappa shape index (κ1) is 6.90. The summed E-state index contributed by atoms with van der Waals surface area (Å²) in [5, 5.41) is 8.12. The number of hydrogen-bond donors (Lipinski definition) is 0. The summed E-state index contributed by atoms with van der Waals surface area (Å²) in [6.45, 7) is 0. The first-order valence-corrected chi connectivity index (χ1v) is 3.00. The van der Waals surface area contributed by atoms with Gasteiger partial charge < -0.3 is 0 Å². The Morgan fingerprint density at radius 1 is 1.86 bits per heavy atom. The van der Waals surface area contributed by atoms with E-state index >= 15 is 0 Å². The molecular weight excluding hydrogens is 161 g/mol. The summed E-state index contributed by atoms with van der Waals surface area (Å²) >= 11 is 2.89. The Balaban J connectivity index is 3.03. The Labute approximate surface area is 50.3 Å². The average Bonchev–Trinajstić information content (AvgIpc) is 1.68. The molecule has 0 N–H and O–H groups in total. The van der Waals surface area contributed by atoms with Gasteiger partial charge in [0.05, 0.1) is 12.5 Å². The lowest BCUT2D eigenvalue weighted by Gasteiger charge is -1.91. The van der Waals surface area contributed by atoms with E-state index in [1.807, 2.05) is 0 Å². The number of alkyl halides is 2. The van der Waals surface area contributed by atoms with Gasteiger partial charge in [0.25, 0.3) is 0 Å². The first-order chi connectivity index (χ1) is 3.31. The summed E-state index contributed by atoms with van der Waals surface area (Å²) < 4.78 is 11.9.